The van der Waals surface area contributed by atoms with Crippen molar-refractivity contribution in [2.75, 3.05) is 6.16 Å². The molecule has 15 heavy (non-hydrogen) atoms. The van der Waals surface area contributed by atoms with Crippen molar-refractivity contribution >= 4 is 19.3 Å². The molecule has 0 heterocycles. The molecule has 0 spiro atoms. The molecule has 0 bridgehead atoms. The average Bonchev–Trinajstić information content (AvgIpc) is 1.94. The molecule has 1 atom stereocenters. The molecule has 7 heteroatoms. The summed E-state index contributed by atoms with van der Waals surface area (Å²) in [6.07, 6.45) is -0.946. The zero-order chi connectivity index (χ0) is 12.4. The van der Waals surface area contributed by atoms with Crippen LogP contribution in [0.3, 0.4) is 0 Å². The van der Waals surface area contributed by atoms with E-state index in [-0.39, 0.29) is 0 Å². The summed E-state index contributed by atoms with van der Waals surface area (Å²) in [6.45, 7) is 4.51. The number of carbonyl (C=O) groups excluding carboxylic acids is 1. The van der Waals surface area contributed by atoms with Crippen LogP contribution in [-0.4, -0.2) is 32.8 Å². The van der Waals surface area contributed by atoms with E-state index in [9.17, 15) is 14.2 Å². The summed E-state index contributed by atoms with van der Waals surface area (Å²) < 4.78 is 10.7. The maximum absolute atomic E-state index is 11.6. The van der Waals surface area contributed by atoms with Gasteiger partial charge in [-0.05, 0) is 0 Å². The number of ketones is 1. The van der Waals surface area contributed by atoms with Gasteiger partial charge in [0.05, 0.1) is 6.16 Å². The fraction of sp³-hybridized carbons (Fsp3) is 0.750. The third kappa shape index (κ3) is 5.06. The van der Waals surface area contributed by atoms with Crippen LogP contribution in [0.5, 0.6) is 0 Å². The van der Waals surface area contributed by atoms with Crippen LogP contribution in [0.15, 0.2) is 0 Å². The minimum absolute atomic E-state index is 0.682. The van der Waals surface area contributed by atoms with Crippen LogP contribution in [0.1, 0.15) is 20.8 Å². The molecule has 0 amide bonds. The summed E-state index contributed by atoms with van der Waals surface area (Å²) in [5.74, 6) is -3.83. The smallest absolute Gasteiger partial charge is 0.326 e. The van der Waals surface area contributed by atoms with E-state index in [0.29, 0.717) is 0 Å². The van der Waals surface area contributed by atoms with E-state index in [4.69, 9.17) is 14.9 Å². The lowest BCUT2D eigenvalue weighted by Gasteiger charge is -2.21. The summed E-state index contributed by atoms with van der Waals surface area (Å²) in [7, 11) is -4.50. The fourth-order valence-electron chi connectivity index (χ4n) is 1.03. The van der Waals surface area contributed by atoms with Crippen LogP contribution in [-0.2, 0) is 14.2 Å². The van der Waals surface area contributed by atoms with Crippen molar-refractivity contribution in [3.63, 3.8) is 0 Å². The molecular formula is C8H15O6P. The molecule has 1 unspecified atom stereocenters. The van der Waals surface area contributed by atoms with Gasteiger partial charge >= 0.3 is 13.6 Å². The van der Waals surface area contributed by atoms with Crippen molar-refractivity contribution in [3.05, 3.63) is 0 Å². The molecule has 0 aromatic carbocycles. The van der Waals surface area contributed by atoms with Crippen LogP contribution in [0.25, 0.3) is 0 Å². The van der Waals surface area contributed by atoms with Gasteiger partial charge in [-0.25, -0.2) is 0 Å². The highest BCUT2D eigenvalue weighted by atomic mass is 31.2. The van der Waals surface area contributed by atoms with Crippen molar-refractivity contribution in [1.29, 1.82) is 0 Å². The quantitative estimate of drug-likeness (QED) is 0.485. The van der Waals surface area contributed by atoms with Gasteiger partial charge in [0.15, 0.2) is 5.78 Å². The number of hydrogen-bond donors (Lipinski definition) is 3. The molecule has 0 fully saturated rings. The third-order valence-corrected chi connectivity index (χ3v) is 2.62. The maximum atomic E-state index is 11.6. The number of carbonyl (C=O) groups is 2. The second-order valence-electron chi connectivity index (χ2n) is 4.35. The Labute approximate surface area is 87.5 Å². The molecule has 0 aliphatic heterocycles. The van der Waals surface area contributed by atoms with Crippen LogP contribution in [0.4, 0.5) is 0 Å². The standard InChI is InChI=1S/C8H15O6P/c1-8(2,3)6(9)5(7(10)11)4-15(12,13)14/h5H,4H2,1-3H3,(H,10,11)(H2,12,13,14). The molecule has 6 nitrogen and oxygen atoms in total. The maximum Gasteiger partial charge on any atom is 0.326 e. The highest BCUT2D eigenvalue weighted by molar-refractivity contribution is 7.51. The predicted molar refractivity (Wildman–Crippen MR) is 52.5 cm³/mol. The van der Waals surface area contributed by atoms with E-state index in [1.54, 1.807) is 0 Å². The molecule has 0 aromatic heterocycles. The van der Waals surface area contributed by atoms with Gasteiger partial charge in [-0.3, -0.25) is 14.2 Å². The summed E-state index contributed by atoms with van der Waals surface area (Å²) in [4.78, 5) is 39.6. The van der Waals surface area contributed by atoms with Gasteiger partial charge in [-0.15, -0.1) is 0 Å². The Balaban J connectivity index is 4.94. The first kappa shape index (κ1) is 14.3. The second-order valence-corrected chi connectivity index (χ2v) is 6.05. The monoisotopic (exact) mass is 238 g/mol. The molecule has 0 saturated heterocycles. The van der Waals surface area contributed by atoms with E-state index < -0.39 is 36.8 Å². The number of Topliss-reactive ketones (excluding diaryl/α,β-unsaturated/α-hetero) is 1. The first-order valence-corrected chi connectivity index (χ1v) is 6.06. The number of aliphatic carboxylic acids is 1. The van der Waals surface area contributed by atoms with Crippen molar-refractivity contribution in [3.8, 4) is 0 Å². The molecule has 0 aliphatic carbocycles. The van der Waals surface area contributed by atoms with Crippen LogP contribution >= 0.6 is 7.60 Å². The number of carboxylic acid groups (broad SMARTS) is 1. The lowest BCUT2D eigenvalue weighted by molar-refractivity contribution is -0.148. The topological polar surface area (TPSA) is 112 Å². The third-order valence-electron chi connectivity index (χ3n) is 1.77. The molecule has 88 valence electrons. The van der Waals surface area contributed by atoms with Crippen molar-refractivity contribution in [2.24, 2.45) is 11.3 Å². The molecule has 0 aromatic rings. The zero-order valence-electron chi connectivity index (χ0n) is 8.80. The molecular weight excluding hydrogens is 223 g/mol. The predicted octanol–water partition coefficient (Wildman–Crippen LogP) is 0.480. The lowest BCUT2D eigenvalue weighted by Crippen LogP contribution is -2.35. The Morgan fingerprint density at radius 1 is 1.27 bits per heavy atom. The summed E-state index contributed by atoms with van der Waals surface area (Å²) in [5, 5.41) is 8.71. The van der Waals surface area contributed by atoms with E-state index in [1.165, 1.54) is 20.8 Å². The largest absolute Gasteiger partial charge is 0.481 e. The Morgan fingerprint density at radius 2 is 1.67 bits per heavy atom. The fourth-order valence-corrected chi connectivity index (χ4v) is 1.83. The summed E-state index contributed by atoms with van der Waals surface area (Å²) in [5.41, 5.74) is -0.932. The van der Waals surface area contributed by atoms with Gasteiger partial charge in [-0.1, -0.05) is 20.8 Å². The molecule has 0 radical (unpaired) electrons. The number of hydrogen-bond acceptors (Lipinski definition) is 3. The molecule has 0 rings (SSSR count). The number of carboxylic acids is 1. The molecule has 0 saturated carbocycles. The Hall–Kier alpha value is -0.710. The average molecular weight is 238 g/mol. The van der Waals surface area contributed by atoms with Crippen LogP contribution in [0.2, 0.25) is 0 Å². The highest BCUT2D eigenvalue weighted by Crippen LogP contribution is 2.38. The van der Waals surface area contributed by atoms with Crippen molar-refractivity contribution in [2.45, 2.75) is 20.8 Å². The van der Waals surface area contributed by atoms with Gasteiger partial charge in [-0.2, -0.15) is 0 Å². The normalized spacial score (nSPS) is 14.7. The first-order chi connectivity index (χ1) is 6.45. The van der Waals surface area contributed by atoms with E-state index >= 15 is 0 Å². The van der Waals surface area contributed by atoms with Crippen molar-refractivity contribution in [1.82, 2.24) is 0 Å². The van der Waals surface area contributed by atoms with E-state index in [2.05, 4.69) is 0 Å². The minimum Gasteiger partial charge on any atom is -0.481 e. The number of rotatable bonds is 4. The molecule has 0 aliphatic rings. The summed E-state index contributed by atoms with van der Waals surface area (Å²) >= 11 is 0. The van der Waals surface area contributed by atoms with Gasteiger partial charge in [0.2, 0.25) is 0 Å². The minimum atomic E-state index is -4.50. The van der Waals surface area contributed by atoms with Gasteiger partial charge in [0, 0.05) is 5.41 Å². The van der Waals surface area contributed by atoms with Crippen LogP contribution in [0, 0.1) is 11.3 Å². The molecule has 3 N–H and O–H groups in total. The Morgan fingerprint density at radius 3 is 1.87 bits per heavy atom. The van der Waals surface area contributed by atoms with Gasteiger partial charge in [0.1, 0.15) is 5.92 Å². The van der Waals surface area contributed by atoms with Crippen LogP contribution < -0.4 is 0 Å². The lowest BCUT2D eigenvalue weighted by atomic mass is 9.84. The van der Waals surface area contributed by atoms with Gasteiger partial charge < -0.3 is 14.9 Å². The van der Waals surface area contributed by atoms with Gasteiger partial charge in [0.25, 0.3) is 0 Å². The Bertz CT molecular complexity index is 310. The van der Waals surface area contributed by atoms with E-state index in [1.807, 2.05) is 0 Å². The first-order valence-electron chi connectivity index (χ1n) is 4.27. The highest BCUT2D eigenvalue weighted by Gasteiger charge is 2.38. The zero-order valence-corrected chi connectivity index (χ0v) is 9.69. The second kappa shape index (κ2) is 4.43. The van der Waals surface area contributed by atoms with Crippen molar-refractivity contribution < 1.29 is 29.0 Å². The SMILES string of the molecule is CC(C)(C)C(=O)C(CP(=O)(O)O)C(=O)O. The Kier molecular flexibility index (Phi) is 4.22. The van der Waals surface area contributed by atoms with E-state index in [0.717, 1.165) is 0 Å². The summed E-state index contributed by atoms with van der Waals surface area (Å²) in [6, 6.07) is 0.